The van der Waals surface area contributed by atoms with Gasteiger partial charge >= 0.3 is 0 Å². The normalized spacial score (nSPS) is 15.9. The lowest BCUT2D eigenvalue weighted by molar-refractivity contribution is -0.138. The molecule has 7 heteroatoms. The number of para-hydroxylation sites is 1. The zero-order valence-electron chi connectivity index (χ0n) is 15.5. The monoisotopic (exact) mass is 359 g/mol. The lowest BCUT2D eigenvalue weighted by Crippen LogP contribution is -2.42. The van der Waals surface area contributed by atoms with Crippen molar-refractivity contribution in [2.75, 3.05) is 34.0 Å². The van der Waals surface area contributed by atoms with Gasteiger partial charge in [-0.05, 0) is 18.1 Å². The van der Waals surface area contributed by atoms with Crippen molar-refractivity contribution in [1.29, 1.82) is 0 Å². The fourth-order valence-corrected chi connectivity index (χ4v) is 3.21. The second-order valence-corrected chi connectivity index (χ2v) is 6.44. The number of carbonyl (C=O) groups excluding carboxylic acids is 1. The molecule has 0 radical (unpaired) electrons. The Balaban J connectivity index is 1.74. The number of methoxy groups -OCH3 is 2. The summed E-state index contributed by atoms with van der Waals surface area (Å²) >= 11 is 0. The number of benzene rings is 1. The molecule has 0 saturated carbocycles. The Bertz CT molecular complexity index is 759. The summed E-state index contributed by atoms with van der Waals surface area (Å²) in [6.07, 6.45) is 4.34. The highest BCUT2D eigenvalue weighted by atomic mass is 16.5. The average molecular weight is 359 g/mol. The Hall–Kier alpha value is -2.54. The highest BCUT2D eigenvalue weighted by Gasteiger charge is 2.31. The molecule has 0 fully saturated rings. The minimum Gasteiger partial charge on any atom is -0.493 e. The summed E-state index contributed by atoms with van der Waals surface area (Å²) in [4.78, 5) is 14.9. The summed E-state index contributed by atoms with van der Waals surface area (Å²) in [5.74, 6) is 1.30. The number of rotatable bonds is 7. The summed E-state index contributed by atoms with van der Waals surface area (Å²) in [5.41, 5.74) is 2.00. The predicted molar refractivity (Wildman–Crippen MR) is 96.2 cm³/mol. The second-order valence-electron chi connectivity index (χ2n) is 6.44. The lowest BCUT2D eigenvalue weighted by atomic mass is 9.95. The number of hydrogen-bond acceptors (Lipinski definition) is 5. The fraction of sp³-hybridized carbons (Fsp3) is 0.474. The number of amides is 1. The van der Waals surface area contributed by atoms with Crippen molar-refractivity contribution in [3.8, 4) is 11.5 Å². The first-order valence-corrected chi connectivity index (χ1v) is 8.66. The van der Waals surface area contributed by atoms with E-state index in [0.29, 0.717) is 38.5 Å². The molecule has 0 saturated heterocycles. The number of aromatic nitrogens is 2. The number of fused-ring (bicyclic) bond motifs is 1. The number of nitrogens with zero attached hydrogens (tertiary/aromatic N) is 3. The Morgan fingerprint density at radius 2 is 2.27 bits per heavy atom. The van der Waals surface area contributed by atoms with Crippen LogP contribution in [0.5, 0.6) is 11.5 Å². The van der Waals surface area contributed by atoms with Crippen LogP contribution in [0, 0.1) is 5.92 Å². The first-order chi connectivity index (χ1) is 12.6. The van der Waals surface area contributed by atoms with Gasteiger partial charge in [-0.15, -0.1) is 0 Å². The molecule has 1 aromatic carbocycles. The van der Waals surface area contributed by atoms with Gasteiger partial charge in [0.2, 0.25) is 5.91 Å². The Labute approximate surface area is 153 Å². The number of aryl methyl sites for hydroxylation is 1. The molecule has 0 bridgehead atoms. The first-order valence-electron chi connectivity index (χ1n) is 8.66. The molecule has 1 atom stereocenters. The van der Waals surface area contributed by atoms with E-state index in [0.717, 1.165) is 16.9 Å². The molecule has 1 aliphatic rings. The van der Waals surface area contributed by atoms with Crippen LogP contribution in [0.1, 0.15) is 11.1 Å². The van der Waals surface area contributed by atoms with E-state index in [1.165, 1.54) is 0 Å². The molecular formula is C19H25N3O4. The molecular weight excluding hydrogens is 334 g/mol. The summed E-state index contributed by atoms with van der Waals surface area (Å²) in [5, 5.41) is 4.18. The number of carbonyl (C=O) groups is 1. The van der Waals surface area contributed by atoms with Gasteiger partial charge in [-0.1, -0.05) is 12.1 Å². The van der Waals surface area contributed by atoms with Gasteiger partial charge in [0.1, 0.15) is 6.61 Å². The lowest BCUT2D eigenvalue weighted by Gasteiger charge is -2.30. The minimum absolute atomic E-state index is 0.0689. The molecule has 3 rings (SSSR count). The van der Waals surface area contributed by atoms with Crippen LogP contribution >= 0.6 is 0 Å². The molecule has 0 N–H and O–H groups in total. The molecule has 0 spiro atoms. The Morgan fingerprint density at radius 3 is 2.96 bits per heavy atom. The zero-order chi connectivity index (χ0) is 18.5. The van der Waals surface area contributed by atoms with Gasteiger partial charge in [-0.3, -0.25) is 9.48 Å². The maximum absolute atomic E-state index is 13.1. The van der Waals surface area contributed by atoms with Crippen LogP contribution in [-0.2, 0) is 29.5 Å². The van der Waals surface area contributed by atoms with Gasteiger partial charge in [0, 0.05) is 39.0 Å². The number of ether oxygens (including phenoxy) is 3. The van der Waals surface area contributed by atoms with E-state index in [-0.39, 0.29) is 11.8 Å². The molecule has 1 amide bonds. The molecule has 140 valence electrons. The van der Waals surface area contributed by atoms with Crippen molar-refractivity contribution in [2.24, 2.45) is 13.0 Å². The molecule has 2 heterocycles. The topological polar surface area (TPSA) is 65.8 Å². The van der Waals surface area contributed by atoms with Gasteiger partial charge in [0.15, 0.2) is 11.5 Å². The van der Waals surface area contributed by atoms with Crippen molar-refractivity contribution in [3.63, 3.8) is 0 Å². The van der Waals surface area contributed by atoms with Crippen molar-refractivity contribution >= 4 is 5.91 Å². The third-order valence-electron chi connectivity index (χ3n) is 4.53. The molecule has 2 aromatic rings. The van der Waals surface area contributed by atoms with Crippen molar-refractivity contribution in [3.05, 3.63) is 41.7 Å². The molecule has 1 aliphatic heterocycles. The van der Waals surface area contributed by atoms with E-state index in [9.17, 15) is 4.79 Å². The van der Waals surface area contributed by atoms with Crippen LogP contribution in [0.3, 0.4) is 0 Å². The van der Waals surface area contributed by atoms with Crippen LogP contribution in [0.2, 0.25) is 0 Å². The summed E-state index contributed by atoms with van der Waals surface area (Å²) < 4.78 is 18.1. The van der Waals surface area contributed by atoms with Crippen molar-refractivity contribution in [2.45, 2.75) is 13.0 Å². The van der Waals surface area contributed by atoms with Crippen LogP contribution in [0.15, 0.2) is 30.6 Å². The Kier molecular flexibility index (Phi) is 5.78. The fourth-order valence-electron chi connectivity index (χ4n) is 3.21. The predicted octanol–water partition coefficient (Wildman–Crippen LogP) is 1.65. The highest BCUT2D eigenvalue weighted by molar-refractivity contribution is 5.80. The zero-order valence-corrected chi connectivity index (χ0v) is 15.5. The molecule has 0 aliphatic carbocycles. The molecule has 26 heavy (non-hydrogen) atoms. The summed E-state index contributed by atoms with van der Waals surface area (Å²) in [6.45, 7) is 1.88. The maximum atomic E-state index is 13.1. The summed E-state index contributed by atoms with van der Waals surface area (Å²) in [6, 6.07) is 5.78. The molecule has 7 nitrogen and oxygen atoms in total. The highest BCUT2D eigenvalue weighted by Crippen LogP contribution is 2.36. The van der Waals surface area contributed by atoms with Gasteiger partial charge in [0.05, 0.1) is 25.8 Å². The van der Waals surface area contributed by atoms with E-state index in [4.69, 9.17) is 14.2 Å². The third kappa shape index (κ3) is 3.99. The average Bonchev–Trinajstić information content (AvgIpc) is 3.08. The van der Waals surface area contributed by atoms with Gasteiger partial charge < -0.3 is 19.1 Å². The van der Waals surface area contributed by atoms with Gasteiger partial charge in [0.25, 0.3) is 0 Å². The quantitative estimate of drug-likeness (QED) is 0.752. The van der Waals surface area contributed by atoms with Gasteiger partial charge in [-0.2, -0.15) is 5.10 Å². The Morgan fingerprint density at radius 1 is 1.42 bits per heavy atom. The van der Waals surface area contributed by atoms with Crippen molar-refractivity contribution < 1.29 is 19.0 Å². The van der Waals surface area contributed by atoms with Crippen molar-refractivity contribution in [1.82, 2.24) is 14.7 Å². The second kappa shape index (κ2) is 8.23. The van der Waals surface area contributed by atoms with E-state index < -0.39 is 0 Å². The maximum Gasteiger partial charge on any atom is 0.229 e. The van der Waals surface area contributed by atoms with Crippen LogP contribution in [-0.4, -0.2) is 54.6 Å². The standard InChI is InChI=1S/C19H25N3O4/c1-21-11-14(10-20-21)12-22(7-8-24-2)19(23)16-9-15-5-4-6-17(25-3)18(15)26-13-16/h4-6,10-11,16H,7-9,12-13H2,1-3H3/t16-/m0/s1. The van der Waals surface area contributed by atoms with Gasteiger partial charge in [-0.25, -0.2) is 0 Å². The molecule has 0 unspecified atom stereocenters. The first kappa shape index (κ1) is 18.3. The largest absolute Gasteiger partial charge is 0.493 e. The summed E-state index contributed by atoms with van der Waals surface area (Å²) in [7, 11) is 5.12. The van der Waals surface area contributed by atoms with Crippen LogP contribution in [0.4, 0.5) is 0 Å². The molecule has 1 aromatic heterocycles. The number of hydrogen-bond donors (Lipinski definition) is 0. The third-order valence-corrected chi connectivity index (χ3v) is 4.53. The van der Waals surface area contributed by atoms with E-state index in [2.05, 4.69) is 5.10 Å². The van der Waals surface area contributed by atoms with E-state index >= 15 is 0 Å². The minimum atomic E-state index is -0.219. The van der Waals surface area contributed by atoms with Crippen LogP contribution < -0.4 is 9.47 Å². The smallest absolute Gasteiger partial charge is 0.229 e. The van der Waals surface area contributed by atoms with Crippen LogP contribution in [0.25, 0.3) is 0 Å². The van der Waals surface area contributed by atoms with E-state index in [1.54, 1.807) is 25.1 Å². The SMILES string of the molecule is COCCN(Cc1cnn(C)c1)C(=O)[C@@H]1COc2c(cccc2OC)C1. The van der Waals surface area contributed by atoms with E-state index in [1.807, 2.05) is 36.3 Å².